The number of rotatable bonds is 4. The first kappa shape index (κ1) is 25.1. The summed E-state index contributed by atoms with van der Waals surface area (Å²) < 4.78 is 12.9. The van der Waals surface area contributed by atoms with Gasteiger partial charge in [-0.25, -0.2) is 4.99 Å². The number of amides is 2. The van der Waals surface area contributed by atoms with Crippen LogP contribution in [0.4, 0.5) is 0 Å². The average Bonchev–Trinajstić information content (AvgIpc) is 3.09. The molecule has 8 heteroatoms. The zero-order chi connectivity index (χ0) is 26.9. The Labute approximate surface area is 218 Å². The van der Waals surface area contributed by atoms with Crippen LogP contribution in [0.25, 0.3) is 0 Å². The molecule has 0 saturated carbocycles. The Morgan fingerprint density at radius 1 is 1.14 bits per heavy atom. The highest BCUT2D eigenvalue weighted by molar-refractivity contribution is 6.00. The fraction of sp³-hybridized carbons (Fsp3) is 0.483. The maximum Gasteiger partial charge on any atom is 0.252 e. The molecule has 0 fully saturated rings. The van der Waals surface area contributed by atoms with Crippen molar-refractivity contribution in [3.05, 3.63) is 58.7 Å². The van der Waals surface area contributed by atoms with E-state index in [-0.39, 0.29) is 47.8 Å². The van der Waals surface area contributed by atoms with Gasteiger partial charge in [0.25, 0.3) is 5.91 Å². The highest BCUT2D eigenvalue weighted by Crippen LogP contribution is 2.46. The molecule has 0 saturated heterocycles. The van der Waals surface area contributed by atoms with Gasteiger partial charge >= 0.3 is 0 Å². The minimum Gasteiger partial charge on any atom is -0.485 e. The maximum atomic E-state index is 13.2. The molecule has 2 heterocycles. The fourth-order valence-corrected chi connectivity index (χ4v) is 6.26. The molecule has 0 aromatic heterocycles. The van der Waals surface area contributed by atoms with Crippen molar-refractivity contribution in [2.45, 2.75) is 83.6 Å². The second-order valence-electron chi connectivity index (χ2n) is 11.8. The molecule has 4 N–H and O–H groups in total. The number of guanidine groups is 1. The summed E-state index contributed by atoms with van der Waals surface area (Å²) in [7, 11) is 0. The van der Waals surface area contributed by atoms with Crippen molar-refractivity contribution < 1.29 is 19.1 Å². The van der Waals surface area contributed by atoms with Gasteiger partial charge in [0.1, 0.15) is 23.2 Å². The number of para-hydroxylation sites is 1. The van der Waals surface area contributed by atoms with Crippen LogP contribution in [0.2, 0.25) is 0 Å². The van der Waals surface area contributed by atoms with E-state index in [0.717, 1.165) is 22.4 Å². The molecule has 2 aromatic carbocycles. The molecule has 4 atom stereocenters. The second kappa shape index (κ2) is 8.50. The van der Waals surface area contributed by atoms with Crippen molar-refractivity contribution in [2.75, 3.05) is 0 Å². The highest BCUT2D eigenvalue weighted by Gasteiger charge is 2.46. The van der Waals surface area contributed by atoms with E-state index in [2.05, 4.69) is 18.8 Å². The Morgan fingerprint density at radius 2 is 1.84 bits per heavy atom. The van der Waals surface area contributed by atoms with Gasteiger partial charge < -0.3 is 20.9 Å². The van der Waals surface area contributed by atoms with Crippen molar-refractivity contribution in [3.8, 4) is 11.5 Å². The van der Waals surface area contributed by atoms with E-state index < -0.39 is 17.0 Å². The van der Waals surface area contributed by atoms with Crippen LogP contribution in [0.15, 0.2) is 41.4 Å². The number of fused-ring (bicyclic) bond motifs is 2. The number of ether oxygens (including phenoxy) is 2. The van der Waals surface area contributed by atoms with E-state index in [1.54, 1.807) is 11.0 Å². The topological polar surface area (TPSA) is 120 Å². The summed E-state index contributed by atoms with van der Waals surface area (Å²) in [6, 6.07) is 11.3. The summed E-state index contributed by atoms with van der Waals surface area (Å²) >= 11 is 0. The lowest BCUT2D eigenvalue weighted by molar-refractivity contribution is -0.131. The third kappa shape index (κ3) is 4.22. The minimum absolute atomic E-state index is 0.0194. The van der Waals surface area contributed by atoms with Gasteiger partial charge in [-0.15, -0.1) is 0 Å². The van der Waals surface area contributed by atoms with E-state index in [9.17, 15) is 9.59 Å². The lowest BCUT2D eigenvalue weighted by atomic mass is 9.82. The number of carbonyl (C=O) groups is 2. The van der Waals surface area contributed by atoms with Gasteiger partial charge in [-0.1, -0.05) is 32.0 Å². The first-order valence-electron chi connectivity index (χ1n) is 12.9. The largest absolute Gasteiger partial charge is 0.485 e. The predicted octanol–water partition coefficient (Wildman–Crippen LogP) is 4.07. The molecule has 8 nitrogen and oxygen atoms in total. The molecule has 1 aliphatic carbocycles. The van der Waals surface area contributed by atoms with Crippen molar-refractivity contribution in [1.82, 2.24) is 4.90 Å². The highest BCUT2D eigenvalue weighted by atomic mass is 16.6. The zero-order valence-corrected chi connectivity index (χ0v) is 22.4. The van der Waals surface area contributed by atoms with E-state index in [4.69, 9.17) is 20.9 Å². The van der Waals surface area contributed by atoms with E-state index in [1.165, 1.54) is 0 Å². The number of hydrogen-bond donors (Lipinski definition) is 2. The average molecular weight is 505 g/mol. The van der Waals surface area contributed by atoms with Gasteiger partial charge in [-0.3, -0.25) is 14.5 Å². The van der Waals surface area contributed by atoms with Gasteiger partial charge in [-0.05, 0) is 69.4 Å². The Bertz CT molecular complexity index is 1310. The molecule has 0 radical (unpaired) electrons. The van der Waals surface area contributed by atoms with Crippen LogP contribution in [0.1, 0.15) is 87.0 Å². The second-order valence-corrected chi connectivity index (χ2v) is 11.8. The van der Waals surface area contributed by atoms with Gasteiger partial charge in [0.2, 0.25) is 5.91 Å². The number of aliphatic imine (C=N–C) groups is 1. The number of hydrogen-bond acceptors (Lipinski definition) is 6. The Kier molecular flexibility index (Phi) is 5.77. The molecule has 2 aliphatic heterocycles. The van der Waals surface area contributed by atoms with Gasteiger partial charge in [0.05, 0.1) is 23.6 Å². The van der Waals surface area contributed by atoms with Gasteiger partial charge in [-0.2, -0.15) is 0 Å². The number of benzene rings is 2. The van der Waals surface area contributed by atoms with Crippen molar-refractivity contribution >= 4 is 17.8 Å². The summed E-state index contributed by atoms with van der Waals surface area (Å²) in [5.41, 5.74) is 14.2. The number of carbonyl (C=O) groups excluding carboxylic acids is 2. The first-order chi connectivity index (χ1) is 17.3. The van der Waals surface area contributed by atoms with Crippen LogP contribution < -0.4 is 20.9 Å². The van der Waals surface area contributed by atoms with Crippen LogP contribution >= 0.6 is 0 Å². The van der Waals surface area contributed by atoms with Gasteiger partial charge in [0.15, 0.2) is 5.96 Å². The van der Waals surface area contributed by atoms with E-state index in [0.29, 0.717) is 12.2 Å². The third-order valence-corrected chi connectivity index (χ3v) is 7.88. The summed E-state index contributed by atoms with van der Waals surface area (Å²) in [5.74, 6) is 0.911. The fourth-order valence-electron chi connectivity index (χ4n) is 6.26. The molecule has 5 rings (SSSR count). The summed E-state index contributed by atoms with van der Waals surface area (Å²) in [6.07, 6.45) is 0.618. The first-order valence-corrected chi connectivity index (χ1v) is 12.9. The van der Waals surface area contributed by atoms with Crippen LogP contribution in [0, 0.1) is 5.92 Å². The Hall–Kier alpha value is -3.55. The summed E-state index contributed by atoms with van der Waals surface area (Å²) in [5, 5.41) is 0. The Morgan fingerprint density at radius 3 is 2.51 bits per heavy atom. The quantitative estimate of drug-likeness (QED) is 0.650. The van der Waals surface area contributed by atoms with Crippen LogP contribution in [0.5, 0.6) is 11.5 Å². The lowest BCUT2D eigenvalue weighted by Gasteiger charge is -2.43. The number of primary amides is 1. The lowest BCUT2D eigenvalue weighted by Crippen LogP contribution is -2.52. The Balaban J connectivity index is 1.54. The minimum atomic E-state index is -0.643. The third-order valence-electron chi connectivity index (χ3n) is 7.88. The SMILES string of the molecule is C[C@@H]1Cc2cc(O[C@H]3[C@H](C)c4ccccc4OC3(C)C)c(C(N)=O)cc2[C@@H]1N1C(=O)CC(C)(C)N=C1N. The molecule has 0 unspecified atom stereocenters. The normalized spacial score (nSPS) is 27.6. The molecule has 2 aromatic rings. The van der Waals surface area contributed by atoms with Crippen LogP contribution in [0.3, 0.4) is 0 Å². The summed E-state index contributed by atoms with van der Waals surface area (Å²) in [6.45, 7) is 12.0. The molecule has 196 valence electrons. The van der Waals surface area contributed by atoms with E-state index >= 15 is 0 Å². The van der Waals surface area contributed by atoms with Crippen molar-refractivity contribution in [3.63, 3.8) is 0 Å². The van der Waals surface area contributed by atoms with Crippen LogP contribution in [-0.2, 0) is 11.2 Å². The number of nitrogens with two attached hydrogens (primary N) is 2. The smallest absolute Gasteiger partial charge is 0.252 e. The maximum absolute atomic E-state index is 13.2. The molecule has 2 amide bonds. The predicted molar refractivity (Wildman–Crippen MR) is 142 cm³/mol. The van der Waals surface area contributed by atoms with Crippen LogP contribution in [-0.4, -0.2) is 39.9 Å². The molecular formula is C29H36N4O4. The molecule has 0 spiro atoms. The molecular weight excluding hydrogens is 468 g/mol. The molecule has 37 heavy (non-hydrogen) atoms. The summed E-state index contributed by atoms with van der Waals surface area (Å²) in [4.78, 5) is 32.0. The monoisotopic (exact) mass is 504 g/mol. The van der Waals surface area contributed by atoms with Crippen molar-refractivity contribution in [1.29, 1.82) is 0 Å². The van der Waals surface area contributed by atoms with Gasteiger partial charge in [0, 0.05) is 11.5 Å². The van der Waals surface area contributed by atoms with Crippen molar-refractivity contribution in [2.24, 2.45) is 22.4 Å². The zero-order valence-electron chi connectivity index (χ0n) is 22.4. The van der Waals surface area contributed by atoms with E-state index in [1.807, 2.05) is 58.0 Å². The standard InChI is InChI=1S/C29H36N4O4/c1-15-11-17-12-22(36-25-16(2)18-9-7-8-10-21(18)37-29(25,5)6)20(26(30)35)13-19(17)24(15)33-23(34)14-28(3,4)32-27(33)31/h7-10,12-13,15-16,24-25H,11,14H2,1-6H3,(H2,30,35)(H2,31,32)/t15-,16-,24-,25+/m1/s1. The number of nitrogens with zero attached hydrogens (tertiary/aromatic N) is 2. The molecule has 3 aliphatic rings. The molecule has 0 bridgehead atoms.